The summed E-state index contributed by atoms with van der Waals surface area (Å²) in [6.07, 6.45) is 2.14. The third-order valence-corrected chi connectivity index (χ3v) is 5.80. The molecule has 0 atom stereocenters. The van der Waals surface area contributed by atoms with Crippen molar-refractivity contribution >= 4 is 24.9 Å². The summed E-state index contributed by atoms with van der Waals surface area (Å²) in [7, 11) is 2.14. The number of aryl methyl sites for hydroxylation is 1. The zero-order valence-corrected chi connectivity index (χ0v) is 10.5. The molecule has 1 aromatic rings. The Bertz CT molecular complexity index is 232. The molecule has 0 aliphatic heterocycles. The van der Waals surface area contributed by atoms with Crippen molar-refractivity contribution in [2.45, 2.75) is 24.2 Å². The number of hydrogen-bond donors (Lipinski definition) is 0. The van der Waals surface area contributed by atoms with Crippen LogP contribution in [-0.2, 0) is 7.05 Å². The molecule has 0 aliphatic rings. The van der Waals surface area contributed by atoms with Gasteiger partial charge in [0.1, 0.15) is 0 Å². The molecule has 1 heterocycles. The molecule has 11 heavy (non-hydrogen) atoms. The standard InChI is InChI=1S/C5H6N.C4H9.Sn/c1-6-4-2-3-5-6;1-4(2)3;/h2-4H,1H3;1-3H3;. The summed E-state index contributed by atoms with van der Waals surface area (Å²) in [4.78, 5) is 0. The van der Waals surface area contributed by atoms with Gasteiger partial charge in [0.05, 0.1) is 0 Å². The average Bonchev–Trinajstić information content (AvgIpc) is 2.12. The van der Waals surface area contributed by atoms with Crippen LogP contribution >= 0.6 is 0 Å². The van der Waals surface area contributed by atoms with Gasteiger partial charge in [0.25, 0.3) is 0 Å². The van der Waals surface area contributed by atoms with Crippen LogP contribution in [0.5, 0.6) is 0 Å². The van der Waals surface area contributed by atoms with E-state index >= 15 is 0 Å². The van der Waals surface area contributed by atoms with E-state index < -0.39 is 0 Å². The Hall–Kier alpha value is 0.0787. The molecule has 0 aliphatic carbocycles. The molecule has 0 unspecified atom stereocenters. The molecule has 0 N–H and O–H groups in total. The van der Waals surface area contributed by atoms with Gasteiger partial charge in [-0.1, -0.05) is 0 Å². The fourth-order valence-electron chi connectivity index (χ4n) is 0.975. The van der Waals surface area contributed by atoms with Crippen LogP contribution in [0.4, 0.5) is 0 Å². The quantitative estimate of drug-likeness (QED) is 0.672. The molecule has 0 spiro atoms. The summed E-state index contributed by atoms with van der Waals surface area (Å²) in [5, 5.41) is 0. The van der Waals surface area contributed by atoms with Gasteiger partial charge in [0, 0.05) is 0 Å². The van der Waals surface area contributed by atoms with E-state index in [0.29, 0.717) is 3.43 Å². The molecule has 1 aromatic heterocycles. The zero-order valence-electron chi connectivity index (χ0n) is 7.68. The number of aromatic nitrogens is 1. The first-order valence-corrected chi connectivity index (χ1v) is 6.74. The fraction of sp³-hybridized carbons (Fsp3) is 0.556. The Kier molecular flexibility index (Phi) is 2.68. The summed E-state index contributed by atoms with van der Waals surface area (Å²) in [6.45, 7) is 7.02. The van der Waals surface area contributed by atoms with Gasteiger partial charge in [-0.15, -0.1) is 0 Å². The third-order valence-electron chi connectivity index (χ3n) is 1.45. The molecule has 0 fully saturated rings. The predicted molar refractivity (Wildman–Crippen MR) is 50.5 cm³/mol. The third kappa shape index (κ3) is 2.89. The van der Waals surface area contributed by atoms with Crippen LogP contribution in [0.1, 0.15) is 20.8 Å². The van der Waals surface area contributed by atoms with Gasteiger partial charge in [-0.25, -0.2) is 0 Å². The average molecular weight is 256 g/mol. The molecule has 1 nitrogen and oxygen atoms in total. The van der Waals surface area contributed by atoms with Gasteiger partial charge in [-0.2, -0.15) is 0 Å². The topological polar surface area (TPSA) is 4.93 Å². The van der Waals surface area contributed by atoms with E-state index in [2.05, 4.69) is 50.7 Å². The van der Waals surface area contributed by atoms with Gasteiger partial charge in [0.2, 0.25) is 0 Å². The fourth-order valence-corrected chi connectivity index (χ4v) is 4.40. The van der Waals surface area contributed by atoms with Gasteiger partial charge in [-0.3, -0.25) is 0 Å². The van der Waals surface area contributed by atoms with Crippen molar-refractivity contribution < 1.29 is 0 Å². The van der Waals surface area contributed by atoms with Crippen LogP contribution in [0.15, 0.2) is 18.3 Å². The van der Waals surface area contributed by atoms with E-state index in [1.165, 1.54) is 0 Å². The van der Waals surface area contributed by atoms with Crippen LogP contribution in [0.25, 0.3) is 0 Å². The predicted octanol–water partition coefficient (Wildman–Crippen LogP) is 1.57. The first-order valence-electron chi connectivity index (χ1n) is 3.88. The maximum atomic E-state index is 2.34. The summed E-state index contributed by atoms with van der Waals surface area (Å²) >= 11 is -0.376. The molecule has 0 bridgehead atoms. The number of rotatable bonds is 1. The maximum absolute atomic E-state index is 2.34. The first-order chi connectivity index (χ1) is 4.99. The molecule has 2 radical (unpaired) electrons. The van der Waals surface area contributed by atoms with Crippen molar-refractivity contribution in [3.8, 4) is 0 Å². The normalized spacial score (nSPS) is 12.0. The molecule has 1 rings (SSSR count). The van der Waals surface area contributed by atoms with Crippen molar-refractivity contribution in [3.63, 3.8) is 0 Å². The van der Waals surface area contributed by atoms with E-state index in [1.54, 1.807) is 3.71 Å². The van der Waals surface area contributed by atoms with Crippen LogP contribution in [-0.4, -0.2) is 25.7 Å². The molecule has 0 saturated carbocycles. The molecular weight excluding hydrogens is 241 g/mol. The van der Waals surface area contributed by atoms with Crippen molar-refractivity contribution in [1.29, 1.82) is 0 Å². The minimum atomic E-state index is -0.376. The van der Waals surface area contributed by atoms with E-state index in [-0.39, 0.29) is 21.1 Å². The Morgan fingerprint density at radius 1 is 1.36 bits per heavy atom. The zero-order chi connectivity index (χ0) is 8.48. The Morgan fingerprint density at radius 2 is 2.00 bits per heavy atom. The van der Waals surface area contributed by atoms with Gasteiger partial charge in [0.15, 0.2) is 0 Å². The van der Waals surface area contributed by atoms with E-state index in [1.807, 2.05) is 0 Å². The summed E-state index contributed by atoms with van der Waals surface area (Å²) in [5.74, 6) is 0. The van der Waals surface area contributed by atoms with Crippen molar-refractivity contribution in [2.24, 2.45) is 7.05 Å². The van der Waals surface area contributed by atoms with Crippen molar-refractivity contribution in [2.75, 3.05) is 0 Å². The Labute approximate surface area is 79.0 Å². The summed E-state index contributed by atoms with van der Waals surface area (Å²) in [6, 6.07) is 4.40. The SMILES string of the molecule is Cn1ccc[c]1[Sn][C](C)(C)C. The van der Waals surface area contributed by atoms with Crippen molar-refractivity contribution in [1.82, 2.24) is 4.57 Å². The Morgan fingerprint density at radius 3 is 2.36 bits per heavy atom. The molecule has 2 heteroatoms. The second kappa shape index (κ2) is 3.21. The summed E-state index contributed by atoms with van der Waals surface area (Å²) < 4.78 is 4.41. The number of hydrogen-bond acceptors (Lipinski definition) is 0. The van der Waals surface area contributed by atoms with Crippen LogP contribution in [0, 0.1) is 0 Å². The second-order valence-corrected chi connectivity index (χ2v) is 10.3. The van der Waals surface area contributed by atoms with E-state index in [0.717, 1.165) is 0 Å². The summed E-state index contributed by atoms with van der Waals surface area (Å²) in [5.41, 5.74) is 0. The molecule has 60 valence electrons. The van der Waals surface area contributed by atoms with Crippen molar-refractivity contribution in [3.05, 3.63) is 18.3 Å². The minimum absolute atomic E-state index is 0.376. The van der Waals surface area contributed by atoms with Gasteiger partial charge < -0.3 is 0 Å². The van der Waals surface area contributed by atoms with Gasteiger partial charge in [-0.05, 0) is 0 Å². The monoisotopic (exact) mass is 257 g/mol. The number of nitrogens with zero attached hydrogens (tertiary/aromatic N) is 1. The molecule has 0 saturated heterocycles. The van der Waals surface area contributed by atoms with Gasteiger partial charge >= 0.3 is 79.0 Å². The van der Waals surface area contributed by atoms with Crippen LogP contribution in [0.2, 0.25) is 3.43 Å². The molecular formula is C9H15NSn. The second-order valence-electron chi connectivity index (χ2n) is 3.88. The molecule has 0 amide bonds. The van der Waals surface area contributed by atoms with E-state index in [4.69, 9.17) is 0 Å². The molecule has 0 aromatic carbocycles. The first kappa shape index (κ1) is 9.17. The Balaban J connectivity index is 2.72. The van der Waals surface area contributed by atoms with Crippen LogP contribution in [0.3, 0.4) is 0 Å². The van der Waals surface area contributed by atoms with Crippen LogP contribution < -0.4 is 3.71 Å². The van der Waals surface area contributed by atoms with E-state index in [9.17, 15) is 0 Å².